The normalized spacial score (nSPS) is 30.0. The Balaban J connectivity index is 1.26. The summed E-state index contributed by atoms with van der Waals surface area (Å²) in [7, 11) is 0. The summed E-state index contributed by atoms with van der Waals surface area (Å²) in [4.78, 5) is 69.1. The predicted octanol–water partition coefficient (Wildman–Crippen LogP) is 8.28. The molecule has 0 bridgehead atoms. The Hall–Kier alpha value is -5.97. The molecule has 2 aliphatic heterocycles. The molecule has 15 nitrogen and oxygen atoms in total. The van der Waals surface area contributed by atoms with E-state index >= 15 is 0 Å². The van der Waals surface area contributed by atoms with E-state index in [0.29, 0.717) is 6.42 Å². The molecule has 380 valence electrons. The van der Waals surface area contributed by atoms with Crippen molar-refractivity contribution < 1.29 is 67.0 Å². The fourth-order valence-corrected chi connectivity index (χ4v) is 9.75. The molecule has 14 atom stereocenters. The minimum Gasteiger partial charge on any atom is -0.459 e. The van der Waals surface area contributed by atoms with Crippen molar-refractivity contribution in [2.45, 2.75) is 147 Å². The van der Waals surface area contributed by atoms with Crippen molar-refractivity contribution in [1.82, 2.24) is 5.32 Å². The number of amides is 1. The van der Waals surface area contributed by atoms with Gasteiger partial charge in [0.25, 0.3) is 5.91 Å². The van der Waals surface area contributed by atoms with Crippen LogP contribution in [-0.4, -0.2) is 108 Å². The van der Waals surface area contributed by atoms with Crippen molar-refractivity contribution >= 4 is 29.8 Å². The van der Waals surface area contributed by atoms with E-state index in [9.17, 15) is 29.1 Å². The Labute approximate surface area is 415 Å². The Morgan fingerprint density at radius 1 is 0.648 bits per heavy atom. The quantitative estimate of drug-likeness (QED) is 0.0715. The van der Waals surface area contributed by atoms with Crippen LogP contribution in [-0.2, 0) is 42.7 Å². The molecular formula is C56H67NO14. The summed E-state index contributed by atoms with van der Waals surface area (Å²) >= 11 is 0. The number of aliphatic hydroxyl groups is 1. The first-order valence-electron chi connectivity index (χ1n) is 24.8. The molecule has 1 amide bonds. The highest BCUT2D eigenvalue weighted by atomic mass is 16.7. The zero-order chi connectivity index (χ0) is 50.7. The van der Waals surface area contributed by atoms with Gasteiger partial charge < -0.3 is 48.3 Å². The summed E-state index contributed by atoms with van der Waals surface area (Å²) in [5.74, 6) is -4.73. The summed E-state index contributed by atoms with van der Waals surface area (Å²) in [5, 5.41) is 16.1. The highest BCUT2D eigenvalue weighted by molar-refractivity contribution is 5.92. The molecule has 1 aliphatic carbocycles. The van der Waals surface area contributed by atoms with Crippen molar-refractivity contribution in [1.29, 1.82) is 0 Å². The van der Waals surface area contributed by atoms with Crippen molar-refractivity contribution in [2.24, 2.45) is 17.8 Å². The van der Waals surface area contributed by atoms with Crippen molar-refractivity contribution in [3.8, 4) is 0 Å². The summed E-state index contributed by atoms with van der Waals surface area (Å²) in [6.07, 6.45) is -6.12. The Morgan fingerprint density at radius 2 is 1.15 bits per heavy atom. The van der Waals surface area contributed by atoms with E-state index in [1.807, 2.05) is 27.7 Å². The lowest BCUT2D eigenvalue weighted by molar-refractivity contribution is -0.340. The second kappa shape index (κ2) is 24.4. The molecule has 2 heterocycles. The van der Waals surface area contributed by atoms with Gasteiger partial charge in [-0.25, -0.2) is 19.2 Å². The third kappa shape index (κ3) is 13.1. The van der Waals surface area contributed by atoms with E-state index in [1.54, 1.807) is 135 Å². The summed E-state index contributed by atoms with van der Waals surface area (Å²) < 4.78 is 51.1. The summed E-state index contributed by atoms with van der Waals surface area (Å²) in [5.41, 5.74) is -0.925. The van der Waals surface area contributed by atoms with Crippen LogP contribution >= 0.6 is 0 Å². The van der Waals surface area contributed by atoms with Gasteiger partial charge in [0.1, 0.15) is 30.5 Å². The minimum atomic E-state index is -1.93. The maximum Gasteiger partial charge on any atom is 0.338 e. The van der Waals surface area contributed by atoms with Crippen LogP contribution < -0.4 is 5.32 Å². The lowest BCUT2D eigenvalue weighted by atomic mass is 9.72. The molecule has 6 unspecified atom stereocenters. The number of hydrogen-bond acceptors (Lipinski definition) is 14. The summed E-state index contributed by atoms with van der Waals surface area (Å²) in [6, 6.07) is 32.3. The molecule has 1 saturated carbocycles. The van der Waals surface area contributed by atoms with Crippen LogP contribution in [0.2, 0.25) is 0 Å². The average molecular weight is 978 g/mol. The first-order valence-corrected chi connectivity index (χ1v) is 24.8. The number of carbonyl (C=O) groups is 5. The van der Waals surface area contributed by atoms with Crippen molar-refractivity contribution in [3.63, 3.8) is 0 Å². The predicted molar refractivity (Wildman–Crippen MR) is 260 cm³/mol. The zero-order valence-electron chi connectivity index (χ0n) is 41.3. The molecule has 2 N–H and O–H groups in total. The van der Waals surface area contributed by atoms with Crippen LogP contribution in [0.5, 0.6) is 0 Å². The molecular weight excluding hydrogens is 911 g/mol. The maximum atomic E-state index is 14.5. The lowest BCUT2D eigenvalue weighted by Crippen LogP contribution is -2.70. The van der Waals surface area contributed by atoms with Gasteiger partial charge in [0.05, 0.1) is 40.5 Å². The number of ether oxygens (including phenoxy) is 8. The molecule has 4 aromatic rings. The molecule has 0 spiro atoms. The second-order valence-electron chi connectivity index (χ2n) is 19.1. The molecule has 0 aromatic heterocycles. The van der Waals surface area contributed by atoms with Gasteiger partial charge in [-0.15, -0.1) is 0 Å². The van der Waals surface area contributed by atoms with Crippen molar-refractivity contribution in [2.75, 3.05) is 6.61 Å². The first-order chi connectivity index (χ1) is 34.2. The van der Waals surface area contributed by atoms with E-state index in [0.717, 1.165) is 19.3 Å². The Morgan fingerprint density at radius 3 is 1.69 bits per heavy atom. The lowest BCUT2D eigenvalue weighted by Gasteiger charge is -2.53. The van der Waals surface area contributed by atoms with Gasteiger partial charge in [0, 0.05) is 11.8 Å². The van der Waals surface area contributed by atoms with Crippen LogP contribution in [0.3, 0.4) is 0 Å². The summed E-state index contributed by atoms with van der Waals surface area (Å²) in [6.45, 7) is 10.7. The molecule has 2 saturated heterocycles. The van der Waals surface area contributed by atoms with E-state index in [2.05, 4.69) is 5.32 Å². The highest BCUT2D eigenvalue weighted by Crippen LogP contribution is 2.43. The van der Waals surface area contributed by atoms with Crippen LogP contribution in [0, 0.1) is 17.8 Å². The Kier molecular flexibility index (Phi) is 18.2. The molecule has 71 heavy (non-hydrogen) atoms. The number of hydrogen-bond donors (Lipinski definition) is 2. The first kappa shape index (κ1) is 52.8. The van der Waals surface area contributed by atoms with Gasteiger partial charge in [0.2, 0.25) is 0 Å². The van der Waals surface area contributed by atoms with Gasteiger partial charge in [-0.2, -0.15) is 0 Å². The monoisotopic (exact) mass is 977 g/mol. The topological polar surface area (TPSA) is 191 Å². The standard InChI is InChI=1S/C56H67NO14/c1-7-21-43(66-51(60)38-24-15-10-16-25-38)49(58)57-42-32-35(4)47(70-54-34(3)30-31-41(8-2)65-54)56(6,63)48(42)71-55-46(69-53(62)40-28-19-12-20-29-40)36(5)45(68-52(61)39-26-17-11-18-27-39)44(67-55)33-64-50(59)37-22-13-9-14-23-37/h9-20,22-29,34-36,41-48,54-55,63H,7-8,21,30-33H2,1-6H3,(H,57,58)/t34?,35-,36-,41?,42+,43-,44?,45-,46?,47?,48-,54+,55+,56?/m0/s1. The molecule has 7 rings (SSSR count). The Bertz CT molecular complexity index is 2370. The maximum absolute atomic E-state index is 14.5. The van der Waals surface area contributed by atoms with Gasteiger partial charge in [-0.05, 0) is 93.5 Å². The van der Waals surface area contributed by atoms with Gasteiger partial charge in [0.15, 0.2) is 24.8 Å². The second-order valence-corrected chi connectivity index (χ2v) is 19.1. The third-order valence-corrected chi connectivity index (χ3v) is 13.7. The van der Waals surface area contributed by atoms with Gasteiger partial charge in [-0.1, -0.05) is 114 Å². The van der Waals surface area contributed by atoms with Crippen LogP contribution in [0.25, 0.3) is 0 Å². The van der Waals surface area contributed by atoms with Gasteiger partial charge in [-0.3, -0.25) is 4.79 Å². The largest absolute Gasteiger partial charge is 0.459 e. The van der Waals surface area contributed by atoms with E-state index in [1.165, 1.54) is 0 Å². The number of benzene rings is 4. The molecule has 3 fully saturated rings. The number of carbonyl (C=O) groups excluding carboxylic acids is 5. The molecule has 3 aliphatic rings. The molecule has 15 heteroatoms. The highest BCUT2D eigenvalue weighted by Gasteiger charge is 2.58. The van der Waals surface area contributed by atoms with E-state index in [4.69, 9.17) is 37.9 Å². The number of rotatable bonds is 18. The molecule has 0 radical (unpaired) electrons. The molecule has 4 aromatic carbocycles. The van der Waals surface area contributed by atoms with Crippen LogP contribution in [0.15, 0.2) is 121 Å². The SMILES string of the molecule is CCC[C@H](OC(=O)c1ccccc1)C(=O)N[C@@H]1C[C@H](C)C(O[C@H]2OC(CC)CCC2C)C(C)(O)[C@H]1O[C@H]1OC(COC(=O)c2ccccc2)[C@@H](OC(=O)c2ccccc2)[C@H](C)C1OC(=O)c1ccccc1. The van der Waals surface area contributed by atoms with E-state index in [-0.39, 0.29) is 47.1 Å². The minimum absolute atomic E-state index is 0.00844. The third-order valence-electron chi connectivity index (χ3n) is 13.7. The van der Waals surface area contributed by atoms with Gasteiger partial charge >= 0.3 is 23.9 Å². The van der Waals surface area contributed by atoms with Crippen LogP contribution in [0.1, 0.15) is 121 Å². The zero-order valence-corrected chi connectivity index (χ0v) is 41.3. The van der Waals surface area contributed by atoms with Crippen LogP contribution in [0.4, 0.5) is 0 Å². The van der Waals surface area contributed by atoms with Crippen molar-refractivity contribution in [3.05, 3.63) is 144 Å². The smallest absolute Gasteiger partial charge is 0.338 e. The number of esters is 4. The van der Waals surface area contributed by atoms with E-state index < -0.39 is 109 Å². The fourth-order valence-electron chi connectivity index (χ4n) is 9.75. The fraction of sp³-hybridized carbons (Fsp3) is 0.482. The number of nitrogens with one attached hydrogen (secondary N) is 1. The average Bonchev–Trinajstić information content (AvgIpc) is 3.38.